The van der Waals surface area contributed by atoms with Gasteiger partial charge in [-0.1, -0.05) is 0 Å². The lowest BCUT2D eigenvalue weighted by Gasteiger charge is -2.38. The molecule has 1 amide bonds. The van der Waals surface area contributed by atoms with Gasteiger partial charge < -0.3 is 20.1 Å². The smallest absolute Gasteiger partial charge is 0.256 e. The largest absolute Gasteiger partial charge is 0.497 e. The Morgan fingerprint density at radius 3 is 2.89 bits per heavy atom. The number of rotatable bonds is 7. The fourth-order valence-corrected chi connectivity index (χ4v) is 3.29. The van der Waals surface area contributed by atoms with Crippen molar-refractivity contribution in [1.82, 2.24) is 20.2 Å². The van der Waals surface area contributed by atoms with E-state index in [1.54, 1.807) is 18.5 Å². The Morgan fingerprint density at radius 2 is 2.18 bits per heavy atom. The zero-order chi connectivity index (χ0) is 20.1. The van der Waals surface area contributed by atoms with Crippen LogP contribution in [0.5, 0.6) is 5.75 Å². The Kier molecular flexibility index (Phi) is 6.21. The van der Waals surface area contributed by atoms with E-state index in [9.17, 15) is 14.3 Å². The summed E-state index contributed by atoms with van der Waals surface area (Å²) in [4.78, 5) is 22.8. The summed E-state index contributed by atoms with van der Waals surface area (Å²) in [6, 6.07) is 4.43. The van der Waals surface area contributed by atoms with Crippen molar-refractivity contribution in [3.63, 3.8) is 0 Å². The van der Waals surface area contributed by atoms with Gasteiger partial charge in [0.05, 0.1) is 18.5 Å². The van der Waals surface area contributed by atoms with Crippen molar-refractivity contribution in [3.05, 3.63) is 53.4 Å². The van der Waals surface area contributed by atoms with Gasteiger partial charge >= 0.3 is 0 Å². The van der Waals surface area contributed by atoms with Gasteiger partial charge in [-0.15, -0.1) is 0 Å². The zero-order valence-corrected chi connectivity index (χ0v) is 16.1. The van der Waals surface area contributed by atoms with Crippen molar-refractivity contribution in [3.8, 4) is 5.75 Å². The Morgan fingerprint density at radius 1 is 1.36 bits per heavy atom. The lowest BCUT2D eigenvalue weighted by molar-refractivity contribution is -0.157. The van der Waals surface area contributed by atoms with Crippen molar-refractivity contribution in [2.24, 2.45) is 0 Å². The summed E-state index contributed by atoms with van der Waals surface area (Å²) in [6.07, 6.45) is 4.32. The van der Waals surface area contributed by atoms with E-state index in [2.05, 4.69) is 15.3 Å². The lowest BCUT2D eigenvalue weighted by Crippen LogP contribution is -2.57. The van der Waals surface area contributed by atoms with Crippen molar-refractivity contribution in [1.29, 1.82) is 0 Å². The molecule has 2 heterocycles. The molecule has 1 aliphatic heterocycles. The molecule has 1 fully saturated rings. The number of aryl methyl sites for hydroxylation is 1. The van der Waals surface area contributed by atoms with Crippen LogP contribution in [0.4, 0.5) is 4.39 Å². The number of piperidine rings is 1. The first-order chi connectivity index (χ1) is 13.4. The summed E-state index contributed by atoms with van der Waals surface area (Å²) in [6.45, 7) is 2.91. The molecule has 7 nitrogen and oxygen atoms in total. The number of carbonyl (C=O) groups excluding carboxylic acids is 1. The van der Waals surface area contributed by atoms with Gasteiger partial charge in [0.15, 0.2) is 5.60 Å². The van der Waals surface area contributed by atoms with Gasteiger partial charge in [-0.3, -0.25) is 14.8 Å². The molecule has 8 heteroatoms. The Balaban J connectivity index is 1.63. The fraction of sp³-hybridized carbons (Fsp3) is 0.450. The van der Waals surface area contributed by atoms with E-state index in [4.69, 9.17) is 4.74 Å². The van der Waals surface area contributed by atoms with E-state index in [0.717, 1.165) is 11.4 Å². The summed E-state index contributed by atoms with van der Waals surface area (Å²) in [5.41, 5.74) is 0.393. The molecule has 1 atom stereocenters. The van der Waals surface area contributed by atoms with Crippen LogP contribution in [0.1, 0.15) is 29.8 Å². The topological polar surface area (TPSA) is 87.6 Å². The maximum absolute atomic E-state index is 14.1. The highest BCUT2D eigenvalue weighted by Crippen LogP contribution is 2.25. The number of benzene rings is 1. The predicted molar refractivity (Wildman–Crippen MR) is 101 cm³/mol. The van der Waals surface area contributed by atoms with E-state index < -0.39 is 17.3 Å². The number of amides is 1. The normalized spacial score (nSPS) is 19.7. The van der Waals surface area contributed by atoms with Gasteiger partial charge in [0.2, 0.25) is 0 Å². The van der Waals surface area contributed by atoms with E-state index in [1.807, 2.05) is 6.92 Å². The number of methoxy groups -OCH3 is 1. The first-order valence-corrected chi connectivity index (χ1v) is 9.24. The first kappa shape index (κ1) is 20.2. The maximum atomic E-state index is 14.1. The lowest BCUT2D eigenvalue weighted by atomic mass is 9.91. The number of aromatic nitrogens is 2. The quantitative estimate of drug-likeness (QED) is 0.749. The summed E-state index contributed by atoms with van der Waals surface area (Å²) in [5.74, 6) is -0.278. The second-order valence-corrected chi connectivity index (χ2v) is 7.07. The molecule has 0 bridgehead atoms. The fourth-order valence-electron chi connectivity index (χ4n) is 3.29. The third-order valence-electron chi connectivity index (χ3n) is 4.88. The highest BCUT2D eigenvalue weighted by Gasteiger charge is 2.41. The molecule has 1 saturated heterocycles. The molecule has 0 saturated carbocycles. The van der Waals surface area contributed by atoms with Crippen LogP contribution >= 0.6 is 0 Å². The Bertz CT molecular complexity index is 831. The molecule has 1 aliphatic rings. The van der Waals surface area contributed by atoms with Crippen LogP contribution in [0.3, 0.4) is 0 Å². The maximum Gasteiger partial charge on any atom is 0.256 e. The molecule has 0 spiro atoms. The van der Waals surface area contributed by atoms with E-state index in [-0.39, 0.29) is 13.1 Å². The number of carbonyl (C=O) groups is 1. The highest BCUT2D eigenvalue weighted by molar-refractivity contribution is 5.86. The van der Waals surface area contributed by atoms with Crippen LogP contribution < -0.4 is 10.1 Å². The number of nitrogens with zero attached hydrogens (tertiary/aromatic N) is 3. The van der Waals surface area contributed by atoms with Crippen LogP contribution in [0.15, 0.2) is 30.6 Å². The second-order valence-electron chi connectivity index (χ2n) is 7.07. The number of hydrogen-bond acceptors (Lipinski definition) is 6. The molecule has 1 aromatic heterocycles. The molecular formula is C20H25FN4O3. The van der Waals surface area contributed by atoms with Crippen LogP contribution in [0, 0.1) is 12.7 Å². The van der Waals surface area contributed by atoms with Gasteiger partial charge in [0, 0.05) is 44.1 Å². The van der Waals surface area contributed by atoms with Gasteiger partial charge in [0.25, 0.3) is 5.91 Å². The molecule has 1 aromatic carbocycles. The Hall–Kier alpha value is -2.58. The van der Waals surface area contributed by atoms with Gasteiger partial charge in [-0.2, -0.15) is 0 Å². The van der Waals surface area contributed by atoms with E-state index >= 15 is 0 Å². The monoisotopic (exact) mass is 388 g/mol. The summed E-state index contributed by atoms with van der Waals surface area (Å²) < 4.78 is 19.2. The number of nitrogens with one attached hydrogen (secondary N) is 1. The van der Waals surface area contributed by atoms with Crippen LogP contribution in [-0.4, -0.2) is 51.7 Å². The number of ether oxygens (including phenoxy) is 1. The van der Waals surface area contributed by atoms with Crippen LogP contribution in [0.2, 0.25) is 0 Å². The highest BCUT2D eigenvalue weighted by atomic mass is 19.1. The summed E-state index contributed by atoms with van der Waals surface area (Å²) in [7, 11) is 1.51. The first-order valence-electron chi connectivity index (χ1n) is 9.24. The molecule has 0 aliphatic carbocycles. The molecule has 0 unspecified atom stereocenters. The van der Waals surface area contributed by atoms with Crippen molar-refractivity contribution in [2.45, 2.75) is 38.5 Å². The molecule has 2 N–H and O–H groups in total. The van der Waals surface area contributed by atoms with Crippen molar-refractivity contribution >= 4 is 5.91 Å². The summed E-state index contributed by atoms with van der Waals surface area (Å²) >= 11 is 0. The average Bonchev–Trinajstić information content (AvgIpc) is 2.69. The molecule has 3 rings (SSSR count). The minimum Gasteiger partial charge on any atom is -0.497 e. The van der Waals surface area contributed by atoms with Crippen molar-refractivity contribution < 1.29 is 19.0 Å². The third-order valence-corrected chi connectivity index (χ3v) is 4.88. The standard InChI is InChI=1S/C20H25FN4O3/c1-14-9-24-16(11-23-14)10-22-13-20(27)6-3-7-25(19(20)26)12-15-8-17(28-2)4-5-18(15)21/h4-5,8-9,11,22,27H,3,6-7,10,12-13H2,1-2H3/t20-/m0/s1. The van der Waals surface area contributed by atoms with E-state index in [0.29, 0.717) is 37.2 Å². The van der Waals surface area contributed by atoms with Crippen LogP contribution in [0.25, 0.3) is 0 Å². The minimum absolute atomic E-state index is 0.0909. The SMILES string of the molecule is COc1ccc(F)c(CN2CCC[C@](O)(CNCc3cnc(C)cn3)C2=O)c1. The number of hydrogen-bond donors (Lipinski definition) is 2. The molecule has 28 heavy (non-hydrogen) atoms. The molecular weight excluding hydrogens is 363 g/mol. The van der Waals surface area contributed by atoms with Gasteiger partial charge in [0.1, 0.15) is 11.6 Å². The van der Waals surface area contributed by atoms with Gasteiger partial charge in [-0.25, -0.2) is 4.39 Å². The second kappa shape index (κ2) is 8.62. The predicted octanol–water partition coefficient (Wildman–Crippen LogP) is 1.58. The number of likely N-dealkylation sites (tertiary alicyclic amines) is 1. The average molecular weight is 388 g/mol. The molecule has 0 radical (unpaired) electrons. The number of aliphatic hydroxyl groups is 1. The van der Waals surface area contributed by atoms with Crippen molar-refractivity contribution in [2.75, 3.05) is 20.2 Å². The number of halogens is 1. The molecule has 150 valence electrons. The minimum atomic E-state index is -1.52. The molecule has 2 aromatic rings. The van der Waals surface area contributed by atoms with Gasteiger partial charge in [-0.05, 0) is 38.0 Å². The third kappa shape index (κ3) is 4.63. The van der Waals surface area contributed by atoms with Crippen LogP contribution in [-0.2, 0) is 17.9 Å². The summed E-state index contributed by atoms with van der Waals surface area (Å²) in [5, 5.41) is 14.0. The van der Waals surface area contributed by atoms with E-state index in [1.165, 1.54) is 24.1 Å². The zero-order valence-electron chi connectivity index (χ0n) is 16.1. The Labute approximate surface area is 163 Å².